The summed E-state index contributed by atoms with van der Waals surface area (Å²) in [5.41, 5.74) is 2.63. The van der Waals surface area contributed by atoms with Gasteiger partial charge in [0, 0.05) is 12.6 Å². The van der Waals surface area contributed by atoms with Gasteiger partial charge in [-0.25, -0.2) is 9.67 Å². The second-order valence-corrected chi connectivity index (χ2v) is 6.16. The molecule has 2 N–H and O–H groups in total. The molecular formula is C20H21N5O2. The van der Waals surface area contributed by atoms with Crippen LogP contribution in [0.25, 0.3) is 5.69 Å². The predicted molar refractivity (Wildman–Crippen MR) is 100 cm³/mol. The summed E-state index contributed by atoms with van der Waals surface area (Å²) in [7, 11) is 0. The second-order valence-electron chi connectivity index (χ2n) is 6.16. The molecule has 7 heteroatoms. The molecule has 3 rings (SSSR count). The van der Waals surface area contributed by atoms with Crippen LogP contribution in [0.3, 0.4) is 0 Å². The molecule has 0 amide bonds. The first-order chi connectivity index (χ1) is 13.2. The number of hydrogen-bond acceptors (Lipinski definition) is 6. The smallest absolute Gasteiger partial charge is 0.138 e. The summed E-state index contributed by atoms with van der Waals surface area (Å²) in [6, 6.07) is 17.0. The van der Waals surface area contributed by atoms with Crippen LogP contribution >= 0.6 is 0 Å². The molecule has 2 atom stereocenters. The minimum atomic E-state index is -0.641. The van der Waals surface area contributed by atoms with Crippen LogP contribution < -0.4 is 10.1 Å². The van der Waals surface area contributed by atoms with Gasteiger partial charge in [-0.15, -0.1) is 0 Å². The third-order valence-corrected chi connectivity index (χ3v) is 4.16. The first kappa shape index (κ1) is 18.6. The van der Waals surface area contributed by atoms with Gasteiger partial charge >= 0.3 is 0 Å². The van der Waals surface area contributed by atoms with Gasteiger partial charge in [0.15, 0.2) is 0 Å². The largest absolute Gasteiger partial charge is 0.491 e. The maximum atomic E-state index is 10.1. The van der Waals surface area contributed by atoms with Crippen molar-refractivity contribution in [1.29, 1.82) is 5.26 Å². The molecule has 0 radical (unpaired) electrons. The molecular weight excluding hydrogens is 342 g/mol. The fourth-order valence-corrected chi connectivity index (χ4v) is 2.56. The van der Waals surface area contributed by atoms with Crippen molar-refractivity contribution in [3.63, 3.8) is 0 Å². The molecule has 138 valence electrons. The number of nitriles is 1. The van der Waals surface area contributed by atoms with E-state index in [1.54, 1.807) is 35.3 Å². The number of hydrogen-bond donors (Lipinski definition) is 2. The highest BCUT2D eigenvalue weighted by Crippen LogP contribution is 2.15. The minimum Gasteiger partial charge on any atom is -0.491 e. The number of aliphatic hydroxyl groups excluding tert-OH is 1. The van der Waals surface area contributed by atoms with Gasteiger partial charge < -0.3 is 15.2 Å². The summed E-state index contributed by atoms with van der Waals surface area (Å²) in [5, 5.41) is 26.3. The lowest BCUT2D eigenvalue weighted by molar-refractivity contribution is 0.104. The summed E-state index contributed by atoms with van der Waals surface area (Å²) in [5.74, 6) is 0.629. The minimum absolute atomic E-state index is 0.0827. The Morgan fingerprint density at radius 2 is 1.93 bits per heavy atom. The third kappa shape index (κ3) is 5.14. The Labute approximate surface area is 157 Å². The number of ether oxygens (including phenoxy) is 1. The molecule has 2 unspecified atom stereocenters. The SMILES string of the molecule is CC(NCC(O)COc1ccc(C#N)cc1)c1ccc(-n2cncn2)cc1. The van der Waals surface area contributed by atoms with E-state index in [0.29, 0.717) is 17.9 Å². The summed E-state index contributed by atoms with van der Waals surface area (Å²) in [6.45, 7) is 2.62. The lowest BCUT2D eigenvalue weighted by Gasteiger charge is -2.18. The molecule has 27 heavy (non-hydrogen) atoms. The van der Waals surface area contributed by atoms with Gasteiger partial charge in [0.1, 0.15) is 31.1 Å². The van der Waals surface area contributed by atoms with Crippen molar-refractivity contribution in [3.8, 4) is 17.5 Å². The molecule has 0 bridgehead atoms. The first-order valence-corrected chi connectivity index (χ1v) is 8.65. The van der Waals surface area contributed by atoms with Crippen LogP contribution in [0.5, 0.6) is 5.75 Å². The Hall–Kier alpha value is -3.21. The van der Waals surface area contributed by atoms with Crippen LogP contribution in [0.15, 0.2) is 61.2 Å². The standard InChI is InChI=1S/C20H21N5O2/c1-15(17-4-6-18(7-5-17)25-14-22-13-24-25)23-11-19(26)12-27-20-8-2-16(10-21)3-9-20/h2-9,13-15,19,23,26H,11-12H2,1H3. The fourth-order valence-electron chi connectivity index (χ4n) is 2.56. The summed E-state index contributed by atoms with van der Waals surface area (Å²) >= 11 is 0. The fraction of sp³-hybridized carbons (Fsp3) is 0.250. The highest BCUT2D eigenvalue weighted by Gasteiger charge is 2.10. The Morgan fingerprint density at radius 3 is 2.56 bits per heavy atom. The van der Waals surface area contributed by atoms with E-state index in [2.05, 4.69) is 21.5 Å². The van der Waals surface area contributed by atoms with E-state index in [1.807, 2.05) is 31.2 Å². The van der Waals surface area contributed by atoms with Crippen molar-refractivity contribution in [2.45, 2.75) is 19.1 Å². The van der Waals surface area contributed by atoms with E-state index < -0.39 is 6.10 Å². The second kappa shape index (κ2) is 8.94. The highest BCUT2D eigenvalue weighted by atomic mass is 16.5. The van der Waals surface area contributed by atoms with E-state index in [0.717, 1.165) is 11.3 Å². The molecule has 3 aromatic rings. The van der Waals surface area contributed by atoms with Crippen molar-refractivity contribution < 1.29 is 9.84 Å². The van der Waals surface area contributed by atoms with Gasteiger partial charge in [0.05, 0.1) is 17.3 Å². The molecule has 0 spiro atoms. The average molecular weight is 363 g/mol. The molecule has 0 aliphatic rings. The molecule has 0 fully saturated rings. The Balaban J connectivity index is 1.45. The molecule has 7 nitrogen and oxygen atoms in total. The van der Waals surface area contributed by atoms with Gasteiger partial charge in [-0.3, -0.25) is 0 Å². The van der Waals surface area contributed by atoms with Gasteiger partial charge in [-0.2, -0.15) is 10.4 Å². The van der Waals surface area contributed by atoms with Crippen LogP contribution in [0.4, 0.5) is 0 Å². The third-order valence-electron chi connectivity index (χ3n) is 4.16. The topological polar surface area (TPSA) is 96.0 Å². The van der Waals surface area contributed by atoms with E-state index in [1.165, 1.54) is 6.33 Å². The maximum Gasteiger partial charge on any atom is 0.138 e. The zero-order valence-corrected chi connectivity index (χ0v) is 15.0. The molecule has 1 heterocycles. The number of nitrogens with one attached hydrogen (secondary N) is 1. The molecule has 0 saturated heterocycles. The van der Waals surface area contributed by atoms with Gasteiger partial charge in [0.25, 0.3) is 0 Å². The quantitative estimate of drug-likeness (QED) is 0.637. The number of rotatable bonds is 8. The van der Waals surface area contributed by atoms with Crippen molar-refractivity contribution in [2.75, 3.05) is 13.2 Å². The van der Waals surface area contributed by atoms with Crippen LogP contribution in [0, 0.1) is 11.3 Å². The lowest BCUT2D eigenvalue weighted by atomic mass is 10.1. The number of aromatic nitrogens is 3. The molecule has 1 aromatic heterocycles. The van der Waals surface area contributed by atoms with E-state index in [4.69, 9.17) is 10.00 Å². The van der Waals surface area contributed by atoms with Crippen LogP contribution in [-0.4, -0.2) is 39.1 Å². The Bertz CT molecular complexity index is 870. The average Bonchev–Trinajstić information content (AvgIpc) is 3.26. The lowest BCUT2D eigenvalue weighted by Crippen LogP contribution is -2.33. The van der Waals surface area contributed by atoms with Crippen molar-refractivity contribution >= 4 is 0 Å². The number of nitrogens with zero attached hydrogens (tertiary/aromatic N) is 4. The predicted octanol–water partition coefficient (Wildman–Crippen LogP) is 2.23. The summed E-state index contributed by atoms with van der Waals surface area (Å²) < 4.78 is 7.25. The van der Waals surface area contributed by atoms with E-state index in [9.17, 15) is 5.11 Å². The van der Waals surface area contributed by atoms with E-state index in [-0.39, 0.29) is 12.6 Å². The van der Waals surface area contributed by atoms with Crippen LogP contribution in [0.2, 0.25) is 0 Å². The molecule has 0 saturated carbocycles. The van der Waals surface area contributed by atoms with Gasteiger partial charge in [0.2, 0.25) is 0 Å². The van der Waals surface area contributed by atoms with Gasteiger partial charge in [-0.1, -0.05) is 12.1 Å². The summed E-state index contributed by atoms with van der Waals surface area (Å²) in [6.07, 6.45) is 2.51. The highest BCUT2D eigenvalue weighted by molar-refractivity contribution is 5.35. The van der Waals surface area contributed by atoms with Gasteiger partial charge in [-0.05, 0) is 48.9 Å². The van der Waals surface area contributed by atoms with Crippen molar-refractivity contribution in [2.24, 2.45) is 0 Å². The molecule has 2 aromatic carbocycles. The maximum absolute atomic E-state index is 10.1. The van der Waals surface area contributed by atoms with Crippen molar-refractivity contribution in [1.82, 2.24) is 20.1 Å². The Kier molecular flexibility index (Phi) is 6.15. The van der Waals surface area contributed by atoms with E-state index >= 15 is 0 Å². The van der Waals surface area contributed by atoms with Crippen LogP contribution in [0.1, 0.15) is 24.1 Å². The zero-order valence-electron chi connectivity index (χ0n) is 15.0. The van der Waals surface area contributed by atoms with Crippen LogP contribution in [-0.2, 0) is 0 Å². The first-order valence-electron chi connectivity index (χ1n) is 8.65. The number of benzene rings is 2. The molecule has 0 aliphatic carbocycles. The monoisotopic (exact) mass is 363 g/mol. The molecule has 0 aliphatic heterocycles. The normalized spacial score (nSPS) is 12.9. The zero-order chi connectivity index (χ0) is 19.1. The summed E-state index contributed by atoms with van der Waals surface area (Å²) in [4.78, 5) is 3.94. The Morgan fingerprint density at radius 1 is 1.19 bits per heavy atom. The number of aliphatic hydroxyl groups is 1. The van der Waals surface area contributed by atoms with Crippen molar-refractivity contribution in [3.05, 3.63) is 72.3 Å².